The van der Waals surface area contributed by atoms with Crippen LogP contribution in [0.1, 0.15) is 18.1 Å². The molecule has 66 valence electrons. The molecule has 1 atom stereocenters. The molecule has 0 aliphatic heterocycles. The first-order chi connectivity index (χ1) is 5.68. The number of aliphatic hydroxyl groups excluding tert-OH is 1. The van der Waals surface area contributed by atoms with E-state index in [1.54, 1.807) is 6.92 Å². The minimum atomic E-state index is -0.439. The first kappa shape index (κ1) is 9.23. The second-order valence-corrected chi connectivity index (χ2v) is 3.04. The molecule has 1 aromatic carbocycles. The maximum atomic E-state index is 8.96. The molecule has 0 saturated carbocycles. The van der Waals surface area contributed by atoms with E-state index < -0.39 is 6.23 Å². The average Bonchev–Trinajstić information content (AvgIpc) is 2.03. The topological polar surface area (TPSA) is 32.3 Å². The molecular formula is C10H15NO. The van der Waals surface area contributed by atoms with Crippen LogP contribution >= 0.6 is 0 Å². The Balaban J connectivity index is 2.48. The molecule has 0 spiro atoms. The van der Waals surface area contributed by atoms with E-state index in [1.807, 2.05) is 0 Å². The van der Waals surface area contributed by atoms with Crippen LogP contribution in [-0.4, -0.2) is 11.3 Å². The lowest BCUT2D eigenvalue weighted by molar-refractivity contribution is 0.155. The van der Waals surface area contributed by atoms with Crippen molar-refractivity contribution in [1.82, 2.24) is 5.32 Å². The largest absolute Gasteiger partial charge is 0.379 e. The highest BCUT2D eigenvalue weighted by molar-refractivity contribution is 5.20. The summed E-state index contributed by atoms with van der Waals surface area (Å²) in [6, 6.07) is 8.26. The summed E-state index contributed by atoms with van der Waals surface area (Å²) < 4.78 is 0. The fourth-order valence-corrected chi connectivity index (χ4v) is 0.971. The molecule has 1 aromatic rings. The highest BCUT2D eigenvalue weighted by Crippen LogP contribution is 2.02. The fraction of sp³-hybridized carbons (Fsp3) is 0.400. The van der Waals surface area contributed by atoms with Crippen LogP contribution in [0.15, 0.2) is 24.3 Å². The van der Waals surface area contributed by atoms with Gasteiger partial charge in [0.2, 0.25) is 0 Å². The van der Waals surface area contributed by atoms with Gasteiger partial charge < -0.3 is 5.11 Å². The van der Waals surface area contributed by atoms with Gasteiger partial charge in [0.15, 0.2) is 0 Å². The van der Waals surface area contributed by atoms with E-state index in [-0.39, 0.29) is 0 Å². The van der Waals surface area contributed by atoms with Gasteiger partial charge in [-0.15, -0.1) is 0 Å². The number of aryl methyl sites for hydroxylation is 1. The van der Waals surface area contributed by atoms with Crippen LogP contribution in [0.5, 0.6) is 0 Å². The van der Waals surface area contributed by atoms with Crippen molar-refractivity contribution in [2.24, 2.45) is 0 Å². The molecule has 0 bridgehead atoms. The van der Waals surface area contributed by atoms with Crippen molar-refractivity contribution >= 4 is 0 Å². The van der Waals surface area contributed by atoms with Gasteiger partial charge in [-0.1, -0.05) is 29.8 Å². The summed E-state index contributed by atoms with van der Waals surface area (Å²) in [5.41, 5.74) is 2.46. The number of nitrogens with one attached hydrogen (secondary N) is 1. The smallest absolute Gasteiger partial charge is 0.102 e. The van der Waals surface area contributed by atoms with Crippen molar-refractivity contribution in [3.63, 3.8) is 0 Å². The summed E-state index contributed by atoms with van der Waals surface area (Å²) in [5.74, 6) is 0. The monoisotopic (exact) mass is 165 g/mol. The number of aliphatic hydroxyl groups is 1. The molecule has 0 saturated heterocycles. The third kappa shape index (κ3) is 3.03. The van der Waals surface area contributed by atoms with Crippen molar-refractivity contribution in [1.29, 1.82) is 0 Å². The Hall–Kier alpha value is -0.860. The quantitative estimate of drug-likeness (QED) is 0.664. The lowest BCUT2D eigenvalue weighted by Gasteiger charge is -2.06. The number of hydrogen-bond acceptors (Lipinski definition) is 2. The average molecular weight is 165 g/mol. The first-order valence-electron chi connectivity index (χ1n) is 4.15. The minimum Gasteiger partial charge on any atom is -0.379 e. The van der Waals surface area contributed by atoms with E-state index in [1.165, 1.54) is 11.1 Å². The third-order valence-corrected chi connectivity index (χ3v) is 1.72. The molecule has 0 aliphatic rings. The van der Waals surface area contributed by atoms with Crippen molar-refractivity contribution in [2.45, 2.75) is 26.6 Å². The Labute approximate surface area is 73.2 Å². The molecule has 0 radical (unpaired) electrons. The van der Waals surface area contributed by atoms with E-state index in [4.69, 9.17) is 5.11 Å². The standard InChI is InChI=1S/C10H15NO/c1-8-3-5-10(6-4-8)7-11-9(2)12/h3-6,9,11-12H,7H2,1-2H3. The SMILES string of the molecule is Cc1ccc(CNC(C)O)cc1. The third-order valence-electron chi connectivity index (χ3n) is 1.72. The molecule has 0 aliphatic carbocycles. The number of hydrogen-bond donors (Lipinski definition) is 2. The Kier molecular flexibility index (Phi) is 3.26. The van der Waals surface area contributed by atoms with Crippen LogP contribution in [0.3, 0.4) is 0 Å². The Morgan fingerprint density at radius 1 is 1.33 bits per heavy atom. The molecule has 1 unspecified atom stereocenters. The van der Waals surface area contributed by atoms with Gasteiger partial charge in [-0.2, -0.15) is 0 Å². The van der Waals surface area contributed by atoms with Gasteiger partial charge in [-0.25, -0.2) is 0 Å². The summed E-state index contributed by atoms with van der Waals surface area (Å²) in [5, 5.41) is 11.9. The van der Waals surface area contributed by atoms with Crippen LogP contribution in [-0.2, 0) is 6.54 Å². The highest BCUT2D eigenvalue weighted by Gasteiger charge is 1.94. The van der Waals surface area contributed by atoms with Gasteiger partial charge in [-0.05, 0) is 19.4 Å². The van der Waals surface area contributed by atoms with Gasteiger partial charge in [-0.3, -0.25) is 5.32 Å². The van der Waals surface area contributed by atoms with Crippen molar-refractivity contribution in [3.8, 4) is 0 Å². The zero-order chi connectivity index (χ0) is 8.97. The van der Waals surface area contributed by atoms with Crippen molar-refractivity contribution < 1.29 is 5.11 Å². The summed E-state index contributed by atoms with van der Waals surface area (Å²) >= 11 is 0. The molecule has 0 heterocycles. The fourth-order valence-electron chi connectivity index (χ4n) is 0.971. The number of benzene rings is 1. The second-order valence-electron chi connectivity index (χ2n) is 3.04. The molecular weight excluding hydrogens is 150 g/mol. The first-order valence-corrected chi connectivity index (χ1v) is 4.15. The van der Waals surface area contributed by atoms with Gasteiger partial charge in [0.25, 0.3) is 0 Å². The summed E-state index contributed by atoms with van der Waals surface area (Å²) in [7, 11) is 0. The molecule has 0 amide bonds. The van der Waals surface area contributed by atoms with Crippen LogP contribution < -0.4 is 5.32 Å². The highest BCUT2D eigenvalue weighted by atomic mass is 16.3. The molecule has 12 heavy (non-hydrogen) atoms. The molecule has 0 fully saturated rings. The van der Waals surface area contributed by atoms with Crippen LogP contribution in [0.2, 0.25) is 0 Å². The maximum Gasteiger partial charge on any atom is 0.102 e. The molecule has 2 nitrogen and oxygen atoms in total. The van der Waals surface area contributed by atoms with E-state index >= 15 is 0 Å². The predicted molar refractivity (Wildman–Crippen MR) is 49.7 cm³/mol. The molecule has 2 N–H and O–H groups in total. The summed E-state index contributed by atoms with van der Waals surface area (Å²) in [4.78, 5) is 0. The second kappa shape index (κ2) is 4.24. The van der Waals surface area contributed by atoms with Gasteiger partial charge in [0.1, 0.15) is 6.23 Å². The molecule has 1 rings (SSSR count). The van der Waals surface area contributed by atoms with Crippen molar-refractivity contribution in [2.75, 3.05) is 0 Å². The Bertz CT molecular complexity index is 228. The van der Waals surface area contributed by atoms with Gasteiger partial charge >= 0.3 is 0 Å². The summed E-state index contributed by atoms with van der Waals surface area (Å²) in [6.07, 6.45) is -0.439. The van der Waals surface area contributed by atoms with E-state index in [0.717, 1.165) is 6.54 Å². The predicted octanol–water partition coefficient (Wildman–Crippen LogP) is 1.42. The van der Waals surface area contributed by atoms with E-state index in [9.17, 15) is 0 Å². The lowest BCUT2D eigenvalue weighted by Crippen LogP contribution is -2.24. The summed E-state index contributed by atoms with van der Waals surface area (Å²) in [6.45, 7) is 4.50. The minimum absolute atomic E-state index is 0.439. The molecule has 2 heteroatoms. The van der Waals surface area contributed by atoms with Gasteiger partial charge in [0.05, 0.1) is 0 Å². The van der Waals surface area contributed by atoms with Gasteiger partial charge in [0, 0.05) is 6.54 Å². The maximum absolute atomic E-state index is 8.96. The Morgan fingerprint density at radius 2 is 1.92 bits per heavy atom. The van der Waals surface area contributed by atoms with Crippen LogP contribution in [0.25, 0.3) is 0 Å². The van der Waals surface area contributed by atoms with E-state index in [2.05, 4.69) is 36.5 Å². The zero-order valence-corrected chi connectivity index (χ0v) is 7.54. The van der Waals surface area contributed by atoms with E-state index in [0.29, 0.717) is 0 Å². The molecule has 0 aromatic heterocycles. The van der Waals surface area contributed by atoms with Crippen LogP contribution in [0.4, 0.5) is 0 Å². The number of rotatable bonds is 3. The lowest BCUT2D eigenvalue weighted by atomic mass is 10.1. The van der Waals surface area contributed by atoms with Crippen molar-refractivity contribution in [3.05, 3.63) is 35.4 Å². The van der Waals surface area contributed by atoms with Crippen LogP contribution in [0, 0.1) is 6.92 Å². The normalized spacial score (nSPS) is 12.9. The Morgan fingerprint density at radius 3 is 2.42 bits per heavy atom. The zero-order valence-electron chi connectivity index (χ0n) is 7.54.